The van der Waals surface area contributed by atoms with E-state index in [2.05, 4.69) is 15.5 Å². The van der Waals surface area contributed by atoms with Crippen LogP contribution in [0, 0.1) is 13.8 Å². The van der Waals surface area contributed by atoms with Gasteiger partial charge in [0.05, 0.1) is 5.69 Å². The summed E-state index contributed by atoms with van der Waals surface area (Å²) >= 11 is 1.56. The Morgan fingerprint density at radius 3 is 2.88 bits per heavy atom. The number of fused-ring (bicyclic) bond motifs is 1. The van der Waals surface area contributed by atoms with E-state index in [1.165, 1.54) is 0 Å². The average Bonchev–Trinajstić information content (AvgIpc) is 3.14. The molecule has 126 valence electrons. The first-order valence-electron chi connectivity index (χ1n) is 7.98. The lowest BCUT2D eigenvalue weighted by Crippen LogP contribution is -2.28. The molecule has 6 heteroatoms. The lowest BCUT2D eigenvalue weighted by atomic mass is 10.1. The number of aromatic amines is 1. The van der Waals surface area contributed by atoms with Gasteiger partial charge >= 0.3 is 0 Å². The number of aryl methyl sites for hydroxylation is 2. The quantitative estimate of drug-likeness (QED) is 0.644. The normalized spacial score (nSPS) is 12.5. The lowest BCUT2D eigenvalue weighted by molar-refractivity contribution is -0.121. The van der Waals surface area contributed by atoms with Gasteiger partial charge < -0.3 is 10.4 Å². The Bertz CT molecular complexity index is 800. The number of aliphatic hydroxyl groups is 1. The van der Waals surface area contributed by atoms with Crippen LogP contribution in [0.15, 0.2) is 30.3 Å². The van der Waals surface area contributed by atoms with Gasteiger partial charge in [0.15, 0.2) is 0 Å². The molecule has 1 amide bonds. The Labute approximate surface area is 144 Å². The fraction of sp³-hybridized carbons (Fsp3) is 0.333. The van der Waals surface area contributed by atoms with E-state index in [0.29, 0.717) is 12.8 Å². The number of benzene rings is 1. The van der Waals surface area contributed by atoms with Crippen molar-refractivity contribution in [2.45, 2.75) is 32.8 Å². The largest absolute Gasteiger partial charge is 0.386 e. The van der Waals surface area contributed by atoms with E-state index in [4.69, 9.17) is 0 Å². The van der Waals surface area contributed by atoms with Crippen molar-refractivity contribution >= 4 is 27.3 Å². The average molecular weight is 343 g/mol. The van der Waals surface area contributed by atoms with Gasteiger partial charge in [0.25, 0.3) is 0 Å². The van der Waals surface area contributed by atoms with Crippen LogP contribution in [0.2, 0.25) is 0 Å². The molecule has 0 aliphatic rings. The van der Waals surface area contributed by atoms with Gasteiger partial charge in [-0.3, -0.25) is 9.89 Å². The Morgan fingerprint density at radius 1 is 1.38 bits per heavy atom. The molecule has 0 aliphatic heterocycles. The van der Waals surface area contributed by atoms with Gasteiger partial charge in [-0.15, -0.1) is 11.3 Å². The Hall–Kier alpha value is -2.18. The zero-order valence-electron chi connectivity index (χ0n) is 13.8. The van der Waals surface area contributed by atoms with Gasteiger partial charge in [-0.2, -0.15) is 5.10 Å². The first-order chi connectivity index (χ1) is 11.5. The van der Waals surface area contributed by atoms with Gasteiger partial charge in [0, 0.05) is 28.2 Å². The molecule has 24 heavy (non-hydrogen) atoms. The number of hydrogen-bond donors (Lipinski definition) is 3. The Balaban J connectivity index is 1.52. The molecular weight excluding hydrogens is 322 g/mol. The van der Waals surface area contributed by atoms with Crippen molar-refractivity contribution in [3.8, 4) is 0 Å². The molecule has 1 atom stereocenters. The number of aromatic nitrogens is 2. The minimum atomic E-state index is -0.677. The van der Waals surface area contributed by atoms with Crippen molar-refractivity contribution in [3.05, 3.63) is 52.2 Å². The summed E-state index contributed by atoms with van der Waals surface area (Å²) in [4.78, 5) is 12.9. The predicted molar refractivity (Wildman–Crippen MR) is 96.2 cm³/mol. The number of aliphatic hydroxyl groups excluding tert-OH is 1. The number of carbonyl (C=O) groups excluding carboxylic acids is 1. The summed E-state index contributed by atoms with van der Waals surface area (Å²) < 4.78 is 1.14. The summed E-state index contributed by atoms with van der Waals surface area (Å²) in [6, 6.07) is 10.00. The number of H-pyrrole nitrogens is 1. The first-order valence-corrected chi connectivity index (χ1v) is 8.80. The second-order valence-electron chi connectivity index (χ2n) is 5.92. The van der Waals surface area contributed by atoms with Gasteiger partial charge in [0.2, 0.25) is 5.91 Å². The van der Waals surface area contributed by atoms with Crippen LogP contribution >= 0.6 is 11.3 Å². The molecule has 0 spiro atoms. The van der Waals surface area contributed by atoms with Crippen LogP contribution in [0.25, 0.3) is 10.1 Å². The van der Waals surface area contributed by atoms with Gasteiger partial charge in [-0.25, -0.2) is 0 Å². The summed E-state index contributed by atoms with van der Waals surface area (Å²) in [5, 5.41) is 21.3. The molecule has 2 aromatic heterocycles. The molecule has 0 saturated heterocycles. The highest BCUT2D eigenvalue weighted by Crippen LogP contribution is 2.29. The lowest BCUT2D eigenvalue weighted by Gasteiger charge is -2.10. The van der Waals surface area contributed by atoms with Crippen LogP contribution < -0.4 is 5.32 Å². The number of rotatable bonds is 6. The van der Waals surface area contributed by atoms with E-state index < -0.39 is 6.10 Å². The number of carbonyl (C=O) groups is 1. The molecule has 1 aromatic carbocycles. The number of amides is 1. The number of nitrogens with zero attached hydrogens (tertiary/aromatic N) is 1. The molecule has 0 radical (unpaired) electrons. The van der Waals surface area contributed by atoms with Gasteiger partial charge in [-0.05, 0) is 43.4 Å². The molecule has 3 N–H and O–H groups in total. The zero-order valence-corrected chi connectivity index (χ0v) is 14.6. The van der Waals surface area contributed by atoms with Gasteiger partial charge in [-0.1, -0.05) is 18.2 Å². The number of thiophene rings is 1. The SMILES string of the molecule is Cc1n[nH]c(C)c1CCC(=O)NCC(O)c1cc2ccccc2s1. The monoisotopic (exact) mass is 343 g/mol. The minimum absolute atomic E-state index is 0.0600. The molecule has 0 fully saturated rings. The summed E-state index contributed by atoms with van der Waals surface area (Å²) in [7, 11) is 0. The Kier molecular flexibility index (Phi) is 4.97. The smallest absolute Gasteiger partial charge is 0.220 e. The second kappa shape index (κ2) is 7.15. The maximum absolute atomic E-state index is 12.0. The van der Waals surface area contributed by atoms with Crippen LogP contribution in [0.1, 0.15) is 34.4 Å². The van der Waals surface area contributed by atoms with E-state index in [9.17, 15) is 9.90 Å². The van der Waals surface area contributed by atoms with Crippen molar-refractivity contribution in [1.29, 1.82) is 0 Å². The fourth-order valence-corrected chi connectivity index (χ4v) is 3.80. The molecule has 3 aromatic rings. The number of hydrogen-bond acceptors (Lipinski definition) is 4. The predicted octanol–water partition coefficient (Wildman–Crippen LogP) is 3.02. The van der Waals surface area contributed by atoms with Crippen molar-refractivity contribution in [1.82, 2.24) is 15.5 Å². The van der Waals surface area contributed by atoms with Crippen molar-refractivity contribution in [2.24, 2.45) is 0 Å². The molecular formula is C18H21N3O2S. The molecule has 1 unspecified atom stereocenters. The molecule has 0 bridgehead atoms. The van der Waals surface area contributed by atoms with E-state index in [0.717, 1.165) is 31.9 Å². The summed E-state index contributed by atoms with van der Waals surface area (Å²) in [6.45, 7) is 4.12. The van der Waals surface area contributed by atoms with Crippen LogP contribution in [-0.4, -0.2) is 27.8 Å². The number of nitrogens with one attached hydrogen (secondary N) is 2. The van der Waals surface area contributed by atoms with Crippen LogP contribution in [0.4, 0.5) is 0 Å². The summed E-state index contributed by atoms with van der Waals surface area (Å²) in [6.07, 6.45) is 0.364. The molecule has 0 aliphatic carbocycles. The highest BCUT2D eigenvalue weighted by Gasteiger charge is 2.14. The molecule has 0 saturated carbocycles. The maximum Gasteiger partial charge on any atom is 0.220 e. The van der Waals surface area contributed by atoms with Crippen LogP contribution in [0.5, 0.6) is 0 Å². The van der Waals surface area contributed by atoms with Crippen molar-refractivity contribution in [3.63, 3.8) is 0 Å². The third kappa shape index (κ3) is 3.66. The molecule has 2 heterocycles. The standard InChI is InChI=1S/C18H21N3O2S/c1-11-14(12(2)21-20-11)7-8-18(23)19-10-15(22)17-9-13-5-3-4-6-16(13)24-17/h3-6,9,15,22H,7-8,10H2,1-2H3,(H,19,23)(H,20,21). The summed E-state index contributed by atoms with van der Waals surface area (Å²) in [5.41, 5.74) is 3.03. The Morgan fingerprint density at radius 2 is 2.17 bits per heavy atom. The van der Waals surface area contributed by atoms with Crippen molar-refractivity contribution in [2.75, 3.05) is 6.54 Å². The minimum Gasteiger partial charge on any atom is -0.386 e. The van der Waals surface area contributed by atoms with E-state index in [-0.39, 0.29) is 12.5 Å². The highest BCUT2D eigenvalue weighted by molar-refractivity contribution is 7.19. The van der Waals surface area contributed by atoms with Crippen LogP contribution in [-0.2, 0) is 11.2 Å². The summed E-state index contributed by atoms with van der Waals surface area (Å²) in [5.74, 6) is -0.0600. The topological polar surface area (TPSA) is 78.0 Å². The fourth-order valence-electron chi connectivity index (χ4n) is 2.75. The van der Waals surface area contributed by atoms with E-state index in [1.807, 2.05) is 44.2 Å². The highest BCUT2D eigenvalue weighted by atomic mass is 32.1. The molecule has 5 nitrogen and oxygen atoms in total. The van der Waals surface area contributed by atoms with Crippen molar-refractivity contribution < 1.29 is 9.90 Å². The first kappa shape index (κ1) is 16.7. The zero-order chi connectivity index (χ0) is 17.1. The third-order valence-corrected chi connectivity index (χ3v) is 5.37. The van der Waals surface area contributed by atoms with E-state index in [1.54, 1.807) is 11.3 Å². The van der Waals surface area contributed by atoms with Crippen LogP contribution in [0.3, 0.4) is 0 Å². The maximum atomic E-state index is 12.0. The third-order valence-electron chi connectivity index (χ3n) is 4.15. The second-order valence-corrected chi connectivity index (χ2v) is 7.03. The van der Waals surface area contributed by atoms with E-state index >= 15 is 0 Å². The molecule has 3 rings (SSSR count). The van der Waals surface area contributed by atoms with Gasteiger partial charge in [0.1, 0.15) is 6.10 Å².